The van der Waals surface area contributed by atoms with Gasteiger partial charge in [-0.15, -0.1) is 11.3 Å². The molecule has 2 aromatic rings. The van der Waals surface area contributed by atoms with Crippen molar-refractivity contribution in [2.45, 2.75) is 6.92 Å². The van der Waals surface area contributed by atoms with E-state index in [4.69, 9.17) is 9.15 Å². The van der Waals surface area contributed by atoms with Crippen LogP contribution in [0.1, 0.15) is 17.6 Å². The fraction of sp³-hybridized carbons (Fsp3) is 0.111. The van der Waals surface area contributed by atoms with E-state index in [1.807, 2.05) is 17.5 Å². The number of ketones is 1. The van der Waals surface area contributed by atoms with Crippen LogP contribution in [0.4, 0.5) is 0 Å². The number of allylic oxidation sites excluding steroid dienone is 2. The summed E-state index contributed by atoms with van der Waals surface area (Å²) in [5.74, 6) is -1.51. The van der Waals surface area contributed by atoms with E-state index in [0.29, 0.717) is 5.76 Å². The minimum absolute atomic E-state index is 0.0967. The second kappa shape index (κ2) is 8.69. The molecule has 0 spiro atoms. The molecule has 0 saturated carbocycles. The van der Waals surface area contributed by atoms with Gasteiger partial charge in [0.1, 0.15) is 17.1 Å². The van der Waals surface area contributed by atoms with Gasteiger partial charge in [0.25, 0.3) is 0 Å². The van der Waals surface area contributed by atoms with E-state index >= 15 is 0 Å². The molecular weight excluding hydrogens is 328 g/mol. The summed E-state index contributed by atoms with van der Waals surface area (Å²) in [6.07, 6.45) is 6.96. The van der Waals surface area contributed by atoms with E-state index in [2.05, 4.69) is 0 Å². The average Bonchev–Trinajstić information content (AvgIpc) is 3.25. The summed E-state index contributed by atoms with van der Waals surface area (Å²) in [4.78, 5) is 25.2. The number of carbonyl (C=O) groups is 2. The van der Waals surface area contributed by atoms with Crippen LogP contribution in [0.5, 0.6) is 0 Å². The lowest BCUT2D eigenvalue weighted by Gasteiger charge is -2.05. The van der Waals surface area contributed by atoms with Crippen molar-refractivity contribution in [3.05, 3.63) is 70.0 Å². The highest BCUT2D eigenvalue weighted by Gasteiger charge is 2.21. The maximum atomic E-state index is 12.3. The highest BCUT2D eigenvalue weighted by atomic mass is 32.1. The van der Waals surface area contributed by atoms with Crippen LogP contribution in [0.15, 0.2) is 63.8 Å². The molecule has 0 amide bonds. The first-order chi connectivity index (χ1) is 11.6. The molecule has 0 aliphatic carbocycles. The Balaban J connectivity index is 2.27. The molecule has 0 aromatic carbocycles. The number of aliphatic hydroxyl groups is 1. The van der Waals surface area contributed by atoms with Gasteiger partial charge in [-0.2, -0.15) is 0 Å². The van der Waals surface area contributed by atoms with Crippen molar-refractivity contribution in [2.75, 3.05) is 6.61 Å². The monoisotopic (exact) mass is 344 g/mol. The van der Waals surface area contributed by atoms with Crippen molar-refractivity contribution in [2.24, 2.45) is 0 Å². The minimum atomic E-state index is -0.875. The van der Waals surface area contributed by atoms with Crippen molar-refractivity contribution >= 4 is 35.2 Å². The van der Waals surface area contributed by atoms with Crippen LogP contribution >= 0.6 is 11.3 Å². The Kier molecular flexibility index (Phi) is 6.33. The van der Waals surface area contributed by atoms with Crippen LogP contribution in [-0.4, -0.2) is 23.5 Å². The molecule has 2 rings (SSSR count). The Bertz CT molecular complexity index is 764. The third-order valence-electron chi connectivity index (χ3n) is 2.87. The molecule has 24 heavy (non-hydrogen) atoms. The molecule has 0 saturated heterocycles. The van der Waals surface area contributed by atoms with Gasteiger partial charge in [-0.05, 0) is 54.8 Å². The van der Waals surface area contributed by atoms with Crippen LogP contribution < -0.4 is 0 Å². The highest BCUT2D eigenvalue weighted by molar-refractivity contribution is 7.10. The van der Waals surface area contributed by atoms with Crippen LogP contribution in [0.25, 0.3) is 12.2 Å². The number of hydrogen-bond acceptors (Lipinski definition) is 6. The van der Waals surface area contributed by atoms with Crippen molar-refractivity contribution in [1.82, 2.24) is 0 Å². The molecule has 0 aliphatic heterocycles. The molecule has 2 heterocycles. The molecule has 2 aromatic heterocycles. The average molecular weight is 344 g/mol. The molecule has 0 aliphatic rings. The molecule has 124 valence electrons. The predicted molar refractivity (Wildman–Crippen MR) is 92.4 cm³/mol. The standard InChI is InChI=1S/C18H16O5S/c1-2-22-18(21)17(15(19)9-7-13-5-3-11-23-13)16(20)10-8-14-6-4-12-24-14/h3-12,19H,2H2,1H3/b9-7+,10-8+,17-15+. The van der Waals surface area contributed by atoms with E-state index in [0.717, 1.165) is 4.88 Å². The van der Waals surface area contributed by atoms with Crippen molar-refractivity contribution in [1.29, 1.82) is 0 Å². The second-order valence-electron chi connectivity index (χ2n) is 4.54. The fourth-order valence-corrected chi connectivity index (χ4v) is 2.41. The van der Waals surface area contributed by atoms with Crippen molar-refractivity contribution < 1.29 is 23.8 Å². The normalized spacial score (nSPS) is 12.5. The highest BCUT2D eigenvalue weighted by Crippen LogP contribution is 2.14. The molecule has 1 N–H and O–H groups in total. The third kappa shape index (κ3) is 4.82. The van der Waals surface area contributed by atoms with Gasteiger partial charge < -0.3 is 14.3 Å². The Morgan fingerprint density at radius 3 is 2.71 bits per heavy atom. The van der Waals surface area contributed by atoms with Gasteiger partial charge >= 0.3 is 5.97 Å². The summed E-state index contributed by atoms with van der Waals surface area (Å²) in [5, 5.41) is 12.0. The summed E-state index contributed by atoms with van der Waals surface area (Å²) in [5.41, 5.74) is -0.424. The Labute approximate surface area is 143 Å². The van der Waals surface area contributed by atoms with Crippen LogP contribution in [0, 0.1) is 0 Å². The van der Waals surface area contributed by atoms with Crippen LogP contribution in [0.3, 0.4) is 0 Å². The first-order valence-electron chi connectivity index (χ1n) is 7.19. The molecule has 0 radical (unpaired) electrons. The maximum absolute atomic E-state index is 12.3. The smallest absolute Gasteiger partial charge is 0.345 e. The lowest BCUT2D eigenvalue weighted by molar-refractivity contribution is -0.139. The van der Waals surface area contributed by atoms with E-state index in [1.165, 1.54) is 35.8 Å². The number of carbonyl (C=O) groups excluding carboxylic acids is 2. The molecule has 5 nitrogen and oxygen atoms in total. The zero-order chi connectivity index (χ0) is 17.4. The van der Waals surface area contributed by atoms with Crippen LogP contribution in [0.2, 0.25) is 0 Å². The molecule has 0 unspecified atom stereocenters. The number of furan rings is 1. The fourth-order valence-electron chi connectivity index (χ4n) is 1.79. The van der Waals surface area contributed by atoms with Gasteiger partial charge in [0.2, 0.25) is 0 Å². The van der Waals surface area contributed by atoms with Gasteiger partial charge in [0.15, 0.2) is 5.78 Å². The molecular formula is C18H16O5S. The summed E-state index contributed by atoms with van der Waals surface area (Å²) < 4.78 is 9.95. The number of esters is 1. The lowest BCUT2D eigenvalue weighted by atomic mass is 10.1. The topological polar surface area (TPSA) is 76.7 Å². The van der Waals surface area contributed by atoms with Crippen LogP contribution in [-0.2, 0) is 14.3 Å². The zero-order valence-corrected chi connectivity index (χ0v) is 13.8. The van der Waals surface area contributed by atoms with E-state index in [1.54, 1.807) is 25.1 Å². The SMILES string of the molecule is CCOC(=O)/C(C(=O)/C=C/c1cccs1)=C(O)\C=C\c1ccco1. The van der Waals surface area contributed by atoms with E-state index < -0.39 is 23.1 Å². The number of hydrogen-bond donors (Lipinski definition) is 1. The van der Waals surface area contributed by atoms with E-state index in [9.17, 15) is 14.7 Å². The molecule has 6 heteroatoms. The summed E-state index contributed by atoms with van der Waals surface area (Å²) in [7, 11) is 0. The molecule has 0 fully saturated rings. The first-order valence-corrected chi connectivity index (χ1v) is 8.07. The summed E-state index contributed by atoms with van der Waals surface area (Å²) >= 11 is 1.45. The number of thiophene rings is 1. The van der Waals surface area contributed by atoms with Gasteiger partial charge in [-0.25, -0.2) is 4.79 Å². The van der Waals surface area contributed by atoms with Gasteiger partial charge in [-0.1, -0.05) is 6.07 Å². The lowest BCUT2D eigenvalue weighted by Crippen LogP contribution is -2.16. The van der Waals surface area contributed by atoms with Gasteiger partial charge in [-0.3, -0.25) is 4.79 Å². The Morgan fingerprint density at radius 2 is 2.08 bits per heavy atom. The zero-order valence-electron chi connectivity index (χ0n) is 13.0. The predicted octanol–water partition coefficient (Wildman–Crippen LogP) is 4.01. The molecule has 0 bridgehead atoms. The van der Waals surface area contributed by atoms with Gasteiger partial charge in [0, 0.05) is 4.88 Å². The minimum Gasteiger partial charge on any atom is -0.507 e. The maximum Gasteiger partial charge on any atom is 0.345 e. The largest absolute Gasteiger partial charge is 0.507 e. The Hall–Kier alpha value is -2.86. The Morgan fingerprint density at radius 1 is 1.25 bits per heavy atom. The second-order valence-corrected chi connectivity index (χ2v) is 5.52. The number of rotatable bonds is 7. The van der Waals surface area contributed by atoms with Crippen molar-refractivity contribution in [3.8, 4) is 0 Å². The quantitative estimate of drug-likeness (QED) is 0.205. The molecule has 0 atom stereocenters. The summed E-state index contributed by atoms with van der Waals surface area (Å²) in [6, 6.07) is 7.04. The van der Waals surface area contributed by atoms with Gasteiger partial charge in [0.05, 0.1) is 12.9 Å². The first kappa shape index (κ1) is 17.5. The number of ether oxygens (including phenoxy) is 1. The van der Waals surface area contributed by atoms with E-state index in [-0.39, 0.29) is 6.61 Å². The summed E-state index contributed by atoms with van der Waals surface area (Å²) in [6.45, 7) is 1.72. The van der Waals surface area contributed by atoms with Crippen molar-refractivity contribution in [3.63, 3.8) is 0 Å². The number of aliphatic hydroxyl groups excluding tert-OH is 1. The third-order valence-corrected chi connectivity index (χ3v) is 3.71.